The molecule has 1 amide bonds. The third-order valence-corrected chi connectivity index (χ3v) is 7.50. The van der Waals surface area contributed by atoms with Crippen molar-refractivity contribution in [3.8, 4) is 0 Å². The number of amides is 1. The topological polar surface area (TPSA) is 54.3 Å². The Kier molecular flexibility index (Phi) is 7.11. The van der Waals surface area contributed by atoms with E-state index in [9.17, 15) is 9.18 Å². The van der Waals surface area contributed by atoms with Crippen LogP contribution >= 0.6 is 11.8 Å². The van der Waals surface area contributed by atoms with Crippen molar-refractivity contribution in [1.29, 1.82) is 0 Å². The standard InChI is InChI=1S/C27H28FN5OS/c1-2-31-13-15-32(16-14-31)26(34)21-9-7-20(8-10-21)18-33-25-17-29-12-11-24(25)30-27(33)35-19-22-5-3-4-6-23(22)28/h3-12,17H,2,13-16,18-19H2,1H3. The Morgan fingerprint density at radius 3 is 2.54 bits per heavy atom. The second-order valence-corrected chi connectivity index (χ2v) is 9.59. The minimum Gasteiger partial charge on any atom is -0.336 e. The van der Waals surface area contributed by atoms with E-state index in [0.29, 0.717) is 23.4 Å². The molecule has 8 heteroatoms. The number of thioether (sulfide) groups is 1. The lowest BCUT2D eigenvalue weighted by Gasteiger charge is -2.34. The smallest absolute Gasteiger partial charge is 0.253 e. The average molecular weight is 490 g/mol. The zero-order chi connectivity index (χ0) is 24.2. The summed E-state index contributed by atoms with van der Waals surface area (Å²) in [6, 6.07) is 16.5. The Labute approximate surface area is 208 Å². The van der Waals surface area contributed by atoms with E-state index in [1.54, 1.807) is 18.3 Å². The normalized spacial score (nSPS) is 14.5. The zero-order valence-corrected chi connectivity index (χ0v) is 20.5. The molecule has 2 aromatic carbocycles. The third kappa shape index (κ3) is 5.23. The van der Waals surface area contributed by atoms with Gasteiger partial charge < -0.3 is 14.4 Å². The molecule has 0 unspecified atom stereocenters. The van der Waals surface area contributed by atoms with E-state index >= 15 is 0 Å². The summed E-state index contributed by atoms with van der Waals surface area (Å²) < 4.78 is 16.2. The minimum absolute atomic E-state index is 0.0886. The van der Waals surface area contributed by atoms with Crippen LogP contribution in [0.1, 0.15) is 28.4 Å². The number of carbonyl (C=O) groups is 1. The van der Waals surface area contributed by atoms with Crippen molar-refractivity contribution in [2.45, 2.75) is 24.4 Å². The summed E-state index contributed by atoms with van der Waals surface area (Å²) in [6.07, 6.45) is 3.54. The second kappa shape index (κ2) is 10.6. The molecule has 1 saturated heterocycles. The molecule has 0 N–H and O–H groups in total. The average Bonchev–Trinajstić information content (AvgIpc) is 3.25. The van der Waals surface area contributed by atoms with Crippen LogP contribution in [0.25, 0.3) is 11.0 Å². The number of hydrogen-bond acceptors (Lipinski definition) is 5. The van der Waals surface area contributed by atoms with Crippen LogP contribution in [0.3, 0.4) is 0 Å². The maximum Gasteiger partial charge on any atom is 0.253 e. The molecule has 1 aliphatic heterocycles. The van der Waals surface area contributed by atoms with Crippen molar-refractivity contribution in [3.05, 3.63) is 89.5 Å². The maximum absolute atomic E-state index is 14.1. The number of benzene rings is 2. The van der Waals surface area contributed by atoms with E-state index in [4.69, 9.17) is 4.98 Å². The van der Waals surface area contributed by atoms with Crippen molar-refractivity contribution < 1.29 is 9.18 Å². The van der Waals surface area contributed by atoms with Crippen LogP contribution in [-0.4, -0.2) is 63.0 Å². The van der Waals surface area contributed by atoms with Gasteiger partial charge in [0, 0.05) is 43.7 Å². The Bertz CT molecular complexity index is 1310. The fourth-order valence-corrected chi connectivity index (χ4v) is 5.35. The summed E-state index contributed by atoms with van der Waals surface area (Å²) in [7, 11) is 0. The van der Waals surface area contributed by atoms with Crippen LogP contribution in [0.2, 0.25) is 0 Å². The van der Waals surface area contributed by atoms with Gasteiger partial charge in [-0.05, 0) is 41.9 Å². The van der Waals surface area contributed by atoms with E-state index in [-0.39, 0.29) is 11.7 Å². The summed E-state index contributed by atoms with van der Waals surface area (Å²) in [6.45, 7) is 7.15. The van der Waals surface area contributed by atoms with Gasteiger partial charge in [0.15, 0.2) is 5.16 Å². The van der Waals surface area contributed by atoms with Crippen molar-refractivity contribution in [3.63, 3.8) is 0 Å². The Morgan fingerprint density at radius 1 is 1.03 bits per heavy atom. The fourth-order valence-electron chi connectivity index (χ4n) is 4.35. The lowest BCUT2D eigenvalue weighted by atomic mass is 10.1. The molecule has 0 bridgehead atoms. The summed E-state index contributed by atoms with van der Waals surface area (Å²) in [5.74, 6) is 0.369. The molecule has 3 heterocycles. The largest absolute Gasteiger partial charge is 0.336 e. The van der Waals surface area contributed by atoms with Crippen molar-refractivity contribution in [1.82, 2.24) is 24.3 Å². The highest BCUT2D eigenvalue weighted by atomic mass is 32.2. The van der Waals surface area contributed by atoms with Gasteiger partial charge >= 0.3 is 0 Å². The molecule has 4 aromatic rings. The van der Waals surface area contributed by atoms with Crippen LogP contribution in [0, 0.1) is 5.82 Å². The minimum atomic E-state index is -0.208. The van der Waals surface area contributed by atoms with Crippen LogP contribution in [-0.2, 0) is 12.3 Å². The molecule has 1 fully saturated rings. The van der Waals surface area contributed by atoms with Gasteiger partial charge in [0.25, 0.3) is 5.91 Å². The number of pyridine rings is 1. The SMILES string of the molecule is CCN1CCN(C(=O)c2ccc(Cn3c(SCc4ccccc4F)nc4ccncc43)cc2)CC1. The number of imidazole rings is 1. The Balaban J connectivity index is 1.33. The Hall–Kier alpha value is -3.23. The Morgan fingerprint density at radius 2 is 1.80 bits per heavy atom. The van der Waals surface area contributed by atoms with Gasteiger partial charge in [-0.25, -0.2) is 9.37 Å². The molecular weight excluding hydrogens is 461 g/mol. The molecule has 0 radical (unpaired) electrons. The van der Waals surface area contributed by atoms with E-state index in [2.05, 4.69) is 21.4 Å². The fraction of sp³-hybridized carbons (Fsp3) is 0.296. The van der Waals surface area contributed by atoms with Crippen LogP contribution in [0.4, 0.5) is 4.39 Å². The summed E-state index contributed by atoms with van der Waals surface area (Å²) in [4.78, 5) is 26.3. The number of aromatic nitrogens is 3. The summed E-state index contributed by atoms with van der Waals surface area (Å²) in [5, 5.41) is 0.810. The number of rotatable bonds is 7. The van der Waals surface area contributed by atoms with E-state index < -0.39 is 0 Å². The molecule has 35 heavy (non-hydrogen) atoms. The predicted molar refractivity (Wildman–Crippen MR) is 137 cm³/mol. The highest BCUT2D eigenvalue weighted by Crippen LogP contribution is 2.28. The quantitative estimate of drug-likeness (QED) is 0.353. The molecule has 0 saturated carbocycles. The van der Waals surface area contributed by atoms with Gasteiger partial charge in [0.1, 0.15) is 5.82 Å². The first-order valence-electron chi connectivity index (χ1n) is 11.9. The first-order valence-corrected chi connectivity index (χ1v) is 12.9. The van der Waals surface area contributed by atoms with Gasteiger partial charge in [0.05, 0.1) is 23.8 Å². The third-order valence-electron chi connectivity index (χ3n) is 6.48. The lowest BCUT2D eigenvalue weighted by molar-refractivity contribution is 0.0643. The van der Waals surface area contributed by atoms with Crippen molar-refractivity contribution in [2.24, 2.45) is 0 Å². The number of piperazine rings is 1. The number of fused-ring (bicyclic) bond motifs is 1. The van der Waals surface area contributed by atoms with Gasteiger partial charge in [-0.1, -0.05) is 49.0 Å². The number of halogens is 1. The highest BCUT2D eigenvalue weighted by molar-refractivity contribution is 7.98. The van der Waals surface area contributed by atoms with Crippen molar-refractivity contribution >= 4 is 28.7 Å². The van der Waals surface area contributed by atoms with E-state index in [0.717, 1.165) is 54.5 Å². The first-order chi connectivity index (χ1) is 17.1. The molecule has 6 nitrogen and oxygen atoms in total. The molecule has 1 aliphatic rings. The summed E-state index contributed by atoms with van der Waals surface area (Å²) in [5.41, 5.74) is 4.21. The predicted octanol–water partition coefficient (Wildman–Crippen LogP) is 4.69. The highest BCUT2D eigenvalue weighted by Gasteiger charge is 2.21. The molecule has 0 atom stereocenters. The molecule has 0 spiro atoms. The van der Waals surface area contributed by atoms with Crippen LogP contribution < -0.4 is 0 Å². The van der Waals surface area contributed by atoms with Gasteiger partial charge in [-0.2, -0.15) is 0 Å². The first kappa shape index (κ1) is 23.5. The monoisotopic (exact) mass is 489 g/mol. The number of nitrogens with zero attached hydrogens (tertiary/aromatic N) is 5. The van der Waals surface area contributed by atoms with Crippen LogP contribution in [0.15, 0.2) is 72.1 Å². The maximum atomic E-state index is 14.1. The summed E-state index contributed by atoms with van der Waals surface area (Å²) >= 11 is 1.51. The molecular formula is C27H28FN5OS. The van der Waals surface area contributed by atoms with Crippen LogP contribution in [0.5, 0.6) is 0 Å². The van der Waals surface area contributed by atoms with E-state index in [1.807, 2.05) is 47.5 Å². The van der Waals surface area contributed by atoms with Gasteiger partial charge in [0.2, 0.25) is 0 Å². The zero-order valence-electron chi connectivity index (χ0n) is 19.7. The molecule has 2 aromatic heterocycles. The number of carbonyl (C=O) groups excluding carboxylic acids is 1. The van der Waals surface area contributed by atoms with Gasteiger partial charge in [-0.15, -0.1) is 0 Å². The molecule has 5 rings (SSSR count). The second-order valence-electron chi connectivity index (χ2n) is 8.65. The van der Waals surface area contributed by atoms with Gasteiger partial charge in [-0.3, -0.25) is 9.78 Å². The molecule has 0 aliphatic carbocycles. The number of hydrogen-bond donors (Lipinski definition) is 0. The lowest BCUT2D eigenvalue weighted by Crippen LogP contribution is -2.48. The van der Waals surface area contributed by atoms with Crippen molar-refractivity contribution in [2.75, 3.05) is 32.7 Å². The molecule has 180 valence electrons. The number of likely N-dealkylation sites (N-methyl/N-ethyl adjacent to an activating group) is 1. The van der Waals surface area contributed by atoms with E-state index in [1.165, 1.54) is 17.8 Å².